The van der Waals surface area contributed by atoms with Crippen LogP contribution >= 0.6 is 0 Å². The first kappa shape index (κ1) is 19.1. The summed E-state index contributed by atoms with van der Waals surface area (Å²) in [5.74, 6) is 2.47. The second-order valence-electron chi connectivity index (χ2n) is 10.3. The number of ketones is 2. The number of carbonyl (C=O) groups is 3. The standard InChI is InChI=1S/C23H34O4/c1-13(24)18-7-8-19-17-6-5-15-11-16(26)9-10-22(15,3)20(17)12-21(23(18,19)4)27-14(2)25/h15,17-21H,5-12H2,1-4H3/t15-,17+,18-,19+,20+,21+,22-,23-/m0/s1. The van der Waals surface area contributed by atoms with Gasteiger partial charge in [-0.3, -0.25) is 14.4 Å². The number of hydrogen-bond donors (Lipinski definition) is 0. The Morgan fingerprint density at radius 1 is 1.04 bits per heavy atom. The molecule has 150 valence electrons. The van der Waals surface area contributed by atoms with Crippen LogP contribution < -0.4 is 0 Å². The molecule has 0 saturated heterocycles. The molecule has 4 rings (SSSR count). The van der Waals surface area contributed by atoms with Gasteiger partial charge in [0.2, 0.25) is 0 Å². The van der Waals surface area contributed by atoms with Gasteiger partial charge in [-0.15, -0.1) is 0 Å². The highest BCUT2D eigenvalue weighted by Crippen LogP contribution is 2.67. The van der Waals surface area contributed by atoms with Crippen molar-refractivity contribution in [1.82, 2.24) is 0 Å². The molecule has 4 nitrogen and oxygen atoms in total. The van der Waals surface area contributed by atoms with E-state index in [0.29, 0.717) is 35.9 Å². The number of fused-ring (bicyclic) bond motifs is 5. The monoisotopic (exact) mass is 374 g/mol. The van der Waals surface area contributed by atoms with Gasteiger partial charge in [-0.2, -0.15) is 0 Å². The maximum atomic E-state index is 12.4. The minimum absolute atomic E-state index is 0.00580. The molecule has 4 fully saturated rings. The van der Waals surface area contributed by atoms with Gasteiger partial charge in [0.1, 0.15) is 17.7 Å². The first-order valence-corrected chi connectivity index (χ1v) is 10.9. The number of ether oxygens (including phenoxy) is 1. The second-order valence-corrected chi connectivity index (χ2v) is 10.3. The van der Waals surface area contributed by atoms with Crippen molar-refractivity contribution in [2.75, 3.05) is 0 Å². The molecule has 4 heteroatoms. The predicted octanol–water partition coefficient (Wildman–Crippen LogP) is 4.35. The highest BCUT2D eigenvalue weighted by atomic mass is 16.5. The van der Waals surface area contributed by atoms with E-state index < -0.39 is 0 Å². The van der Waals surface area contributed by atoms with Gasteiger partial charge in [0.05, 0.1) is 0 Å². The lowest BCUT2D eigenvalue weighted by Crippen LogP contribution is -2.59. The van der Waals surface area contributed by atoms with Crippen molar-refractivity contribution < 1.29 is 19.1 Å². The Balaban J connectivity index is 1.72. The Morgan fingerprint density at radius 3 is 2.44 bits per heavy atom. The molecular formula is C23H34O4. The summed E-state index contributed by atoms with van der Waals surface area (Å²) in [5, 5.41) is 0. The van der Waals surface area contributed by atoms with Crippen LogP contribution in [0.4, 0.5) is 0 Å². The third-order valence-corrected chi connectivity index (χ3v) is 9.36. The van der Waals surface area contributed by atoms with Crippen molar-refractivity contribution in [3.63, 3.8) is 0 Å². The Morgan fingerprint density at radius 2 is 1.78 bits per heavy atom. The van der Waals surface area contributed by atoms with E-state index in [1.807, 2.05) is 0 Å². The summed E-state index contributed by atoms with van der Waals surface area (Å²) in [6, 6.07) is 0. The molecule has 0 unspecified atom stereocenters. The number of carbonyl (C=O) groups excluding carboxylic acids is 3. The third kappa shape index (κ3) is 2.73. The fourth-order valence-corrected chi connectivity index (χ4v) is 8.02. The molecule has 27 heavy (non-hydrogen) atoms. The van der Waals surface area contributed by atoms with Crippen molar-refractivity contribution in [2.45, 2.75) is 85.2 Å². The molecule has 0 N–H and O–H groups in total. The molecule has 0 radical (unpaired) electrons. The molecule has 0 aromatic heterocycles. The molecule has 0 aliphatic heterocycles. The highest BCUT2D eigenvalue weighted by Gasteiger charge is 2.65. The topological polar surface area (TPSA) is 60.4 Å². The van der Waals surface area contributed by atoms with E-state index in [-0.39, 0.29) is 34.6 Å². The van der Waals surface area contributed by atoms with Gasteiger partial charge in [-0.1, -0.05) is 13.8 Å². The van der Waals surface area contributed by atoms with E-state index in [4.69, 9.17) is 4.74 Å². The van der Waals surface area contributed by atoms with E-state index in [9.17, 15) is 14.4 Å². The predicted molar refractivity (Wildman–Crippen MR) is 102 cm³/mol. The molecule has 4 saturated carbocycles. The highest BCUT2D eigenvalue weighted by molar-refractivity contribution is 5.80. The van der Waals surface area contributed by atoms with Crippen molar-refractivity contribution in [3.05, 3.63) is 0 Å². The second kappa shape index (κ2) is 6.42. The smallest absolute Gasteiger partial charge is 0.302 e. The van der Waals surface area contributed by atoms with E-state index in [2.05, 4.69) is 13.8 Å². The fourth-order valence-electron chi connectivity index (χ4n) is 8.02. The van der Waals surface area contributed by atoms with Gasteiger partial charge in [0.25, 0.3) is 0 Å². The van der Waals surface area contributed by atoms with Crippen LogP contribution in [0.25, 0.3) is 0 Å². The average molecular weight is 375 g/mol. The molecule has 4 aliphatic carbocycles. The van der Waals surface area contributed by atoms with E-state index in [0.717, 1.165) is 44.9 Å². The Bertz CT molecular complexity index is 669. The summed E-state index contributed by atoms with van der Waals surface area (Å²) in [5.41, 5.74) is -0.0583. The van der Waals surface area contributed by atoms with Crippen LogP contribution in [0.2, 0.25) is 0 Å². The van der Waals surface area contributed by atoms with Gasteiger partial charge in [-0.25, -0.2) is 0 Å². The van der Waals surface area contributed by atoms with Crippen LogP contribution in [0.5, 0.6) is 0 Å². The zero-order valence-corrected chi connectivity index (χ0v) is 17.3. The van der Waals surface area contributed by atoms with Gasteiger partial charge in [0.15, 0.2) is 0 Å². The van der Waals surface area contributed by atoms with Crippen LogP contribution in [0.3, 0.4) is 0 Å². The molecule has 0 bridgehead atoms. The van der Waals surface area contributed by atoms with Crippen molar-refractivity contribution in [1.29, 1.82) is 0 Å². The van der Waals surface area contributed by atoms with Crippen LogP contribution in [-0.4, -0.2) is 23.6 Å². The minimum Gasteiger partial charge on any atom is -0.462 e. The number of esters is 1. The summed E-state index contributed by atoms with van der Waals surface area (Å²) >= 11 is 0. The van der Waals surface area contributed by atoms with Gasteiger partial charge in [-0.05, 0) is 74.5 Å². The van der Waals surface area contributed by atoms with Crippen molar-refractivity contribution in [2.24, 2.45) is 40.4 Å². The fraction of sp³-hybridized carbons (Fsp3) is 0.870. The summed E-state index contributed by atoms with van der Waals surface area (Å²) in [6.45, 7) is 7.82. The maximum absolute atomic E-state index is 12.4. The van der Waals surface area contributed by atoms with E-state index in [1.165, 1.54) is 6.92 Å². The normalized spacial score (nSPS) is 49.0. The van der Waals surface area contributed by atoms with Crippen molar-refractivity contribution >= 4 is 17.5 Å². The number of hydrogen-bond acceptors (Lipinski definition) is 4. The van der Waals surface area contributed by atoms with Crippen LogP contribution in [0.1, 0.15) is 79.1 Å². The van der Waals surface area contributed by atoms with Crippen molar-refractivity contribution in [3.8, 4) is 0 Å². The van der Waals surface area contributed by atoms with E-state index >= 15 is 0 Å². The molecule has 0 aromatic rings. The van der Waals surface area contributed by atoms with Gasteiger partial charge >= 0.3 is 5.97 Å². The molecular weight excluding hydrogens is 340 g/mol. The molecule has 4 aliphatic rings. The lowest BCUT2D eigenvalue weighted by Gasteiger charge is -2.61. The quantitative estimate of drug-likeness (QED) is 0.675. The summed E-state index contributed by atoms with van der Waals surface area (Å²) in [7, 11) is 0. The first-order valence-electron chi connectivity index (χ1n) is 10.9. The van der Waals surface area contributed by atoms with Gasteiger partial charge in [0, 0.05) is 31.1 Å². The summed E-state index contributed by atoms with van der Waals surface area (Å²) in [4.78, 5) is 36.5. The zero-order valence-electron chi connectivity index (χ0n) is 17.3. The largest absolute Gasteiger partial charge is 0.462 e. The molecule has 0 spiro atoms. The SMILES string of the molecule is CC(=O)O[C@@H]1C[C@@H]2[C@H](CC[C@H]3CC(=O)CC[C@@]32C)[C@H]2CC[C@@H](C(C)=O)[C@@]21C. The lowest BCUT2D eigenvalue weighted by molar-refractivity contribution is -0.191. The maximum Gasteiger partial charge on any atom is 0.302 e. The molecule has 0 amide bonds. The minimum atomic E-state index is -0.232. The van der Waals surface area contributed by atoms with Crippen LogP contribution in [0, 0.1) is 40.4 Å². The first-order chi connectivity index (χ1) is 12.7. The van der Waals surface area contributed by atoms with E-state index in [1.54, 1.807) is 6.92 Å². The van der Waals surface area contributed by atoms with Crippen LogP contribution in [0.15, 0.2) is 0 Å². The summed E-state index contributed by atoms with van der Waals surface area (Å²) in [6.07, 6.45) is 7.39. The molecule has 0 heterocycles. The average Bonchev–Trinajstić information content (AvgIpc) is 2.95. The Labute approximate surface area is 162 Å². The molecule has 0 aromatic carbocycles. The Kier molecular flexibility index (Phi) is 4.55. The van der Waals surface area contributed by atoms with Crippen LogP contribution in [-0.2, 0) is 19.1 Å². The third-order valence-electron chi connectivity index (χ3n) is 9.36. The molecule has 8 atom stereocenters. The zero-order chi connectivity index (χ0) is 19.6. The lowest BCUT2D eigenvalue weighted by atomic mass is 9.44. The number of rotatable bonds is 2. The number of Topliss-reactive ketones (excluding diaryl/α,β-unsaturated/α-hetero) is 2. The Hall–Kier alpha value is -1.19. The summed E-state index contributed by atoms with van der Waals surface area (Å²) < 4.78 is 5.93. The van der Waals surface area contributed by atoms with Gasteiger partial charge < -0.3 is 4.74 Å².